The summed E-state index contributed by atoms with van der Waals surface area (Å²) in [7, 11) is 3.86. The largest absolute Gasteiger partial charge is 0.304 e. The quantitative estimate of drug-likeness (QED) is 0.830. The number of nitrogens with one attached hydrogen (secondary N) is 1. The molecule has 124 valence electrons. The first-order valence-corrected chi connectivity index (χ1v) is 8.18. The Morgan fingerprint density at radius 2 is 1.83 bits per heavy atom. The van der Waals surface area contributed by atoms with Crippen LogP contribution in [0.15, 0.2) is 29.6 Å². The molecule has 8 heteroatoms. The standard InChI is InChI=1S/C16H16N4O3S/c1-19(2)7-10-9-24-16(17-10)18-13(21)8-20-14(22)11-5-3-4-6-12(11)15(20)23/h3-6,9H,7-8H2,1-2H3,(H,17,18,21). The van der Waals surface area contributed by atoms with E-state index in [0.29, 0.717) is 22.8 Å². The highest BCUT2D eigenvalue weighted by molar-refractivity contribution is 7.13. The minimum Gasteiger partial charge on any atom is -0.304 e. The van der Waals surface area contributed by atoms with E-state index in [1.165, 1.54) is 11.3 Å². The second kappa shape index (κ2) is 6.50. The van der Waals surface area contributed by atoms with Crippen molar-refractivity contribution in [2.45, 2.75) is 6.54 Å². The summed E-state index contributed by atoms with van der Waals surface area (Å²) in [5.74, 6) is -1.34. The molecule has 2 aromatic rings. The number of anilines is 1. The number of thiazole rings is 1. The zero-order valence-electron chi connectivity index (χ0n) is 13.3. The van der Waals surface area contributed by atoms with Gasteiger partial charge < -0.3 is 10.2 Å². The highest BCUT2D eigenvalue weighted by Gasteiger charge is 2.36. The number of rotatable bonds is 5. The predicted molar refractivity (Wildman–Crippen MR) is 89.9 cm³/mol. The van der Waals surface area contributed by atoms with E-state index in [0.717, 1.165) is 10.6 Å². The molecule has 0 spiro atoms. The number of benzene rings is 1. The summed E-state index contributed by atoms with van der Waals surface area (Å²) in [6.07, 6.45) is 0. The lowest BCUT2D eigenvalue weighted by atomic mass is 10.1. The Hall–Kier alpha value is -2.58. The van der Waals surface area contributed by atoms with Crippen LogP contribution in [0.3, 0.4) is 0 Å². The zero-order chi connectivity index (χ0) is 17.3. The van der Waals surface area contributed by atoms with Gasteiger partial charge in [0.2, 0.25) is 5.91 Å². The zero-order valence-corrected chi connectivity index (χ0v) is 14.1. The van der Waals surface area contributed by atoms with Crippen molar-refractivity contribution in [3.05, 3.63) is 46.5 Å². The maximum absolute atomic E-state index is 12.2. The number of imide groups is 1. The summed E-state index contributed by atoms with van der Waals surface area (Å²) >= 11 is 1.31. The lowest BCUT2D eigenvalue weighted by Crippen LogP contribution is -2.37. The third kappa shape index (κ3) is 3.19. The first-order chi connectivity index (χ1) is 11.5. The second-order valence-corrected chi connectivity index (χ2v) is 6.53. The van der Waals surface area contributed by atoms with E-state index in [2.05, 4.69) is 10.3 Å². The highest BCUT2D eigenvalue weighted by atomic mass is 32.1. The monoisotopic (exact) mass is 344 g/mol. The van der Waals surface area contributed by atoms with Crippen molar-refractivity contribution >= 4 is 34.2 Å². The van der Waals surface area contributed by atoms with Crippen LogP contribution in [0.25, 0.3) is 0 Å². The minimum absolute atomic E-state index is 0.324. The van der Waals surface area contributed by atoms with Gasteiger partial charge in [-0.2, -0.15) is 0 Å². The lowest BCUT2D eigenvalue weighted by molar-refractivity contribution is -0.116. The molecule has 2 heterocycles. The lowest BCUT2D eigenvalue weighted by Gasteiger charge is -2.12. The molecule has 1 aromatic carbocycles. The molecular weight excluding hydrogens is 328 g/mol. The van der Waals surface area contributed by atoms with E-state index in [1.54, 1.807) is 24.3 Å². The molecule has 7 nitrogen and oxygen atoms in total. The predicted octanol–water partition coefficient (Wildman–Crippen LogP) is 1.44. The molecule has 0 unspecified atom stereocenters. The number of carbonyl (C=O) groups is 3. The van der Waals surface area contributed by atoms with Crippen LogP contribution in [0.2, 0.25) is 0 Å². The third-order valence-electron chi connectivity index (χ3n) is 3.46. The molecule has 0 atom stereocenters. The fourth-order valence-corrected chi connectivity index (χ4v) is 3.16. The average molecular weight is 344 g/mol. The first-order valence-electron chi connectivity index (χ1n) is 7.30. The summed E-state index contributed by atoms with van der Waals surface area (Å²) in [4.78, 5) is 43.8. The second-order valence-electron chi connectivity index (χ2n) is 5.67. The van der Waals surface area contributed by atoms with Crippen LogP contribution in [0.4, 0.5) is 5.13 Å². The van der Waals surface area contributed by atoms with Gasteiger partial charge >= 0.3 is 0 Å². The molecule has 0 radical (unpaired) electrons. The molecule has 0 saturated heterocycles. The Morgan fingerprint density at radius 3 is 2.42 bits per heavy atom. The van der Waals surface area contributed by atoms with Crippen molar-refractivity contribution in [1.82, 2.24) is 14.8 Å². The van der Waals surface area contributed by atoms with Crippen LogP contribution < -0.4 is 5.32 Å². The van der Waals surface area contributed by atoms with Gasteiger partial charge in [-0.25, -0.2) is 4.98 Å². The van der Waals surface area contributed by atoms with Crippen molar-refractivity contribution < 1.29 is 14.4 Å². The SMILES string of the molecule is CN(C)Cc1csc(NC(=O)CN2C(=O)c3ccccc3C2=O)n1. The maximum Gasteiger partial charge on any atom is 0.262 e. The summed E-state index contributed by atoms with van der Waals surface area (Å²) in [5.41, 5.74) is 1.51. The Morgan fingerprint density at radius 1 is 1.21 bits per heavy atom. The molecule has 0 bridgehead atoms. The average Bonchev–Trinajstić information content (AvgIpc) is 3.05. The number of fused-ring (bicyclic) bond motifs is 1. The summed E-state index contributed by atoms with van der Waals surface area (Å²) in [5, 5.41) is 4.95. The van der Waals surface area contributed by atoms with E-state index in [1.807, 2.05) is 24.4 Å². The summed E-state index contributed by atoms with van der Waals surface area (Å²) in [6.45, 7) is 0.347. The number of hydrogen-bond donors (Lipinski definition) is 1. The van der Waals surface area contributed by atoms with E-state index in [9.17, 15) is 14.4 Å². The van der Waals surface area contributed by atoms with Gasteiger partial charge in [0.25, 0.3) is 11.8 Å². The van der Waals surface area contributed by atoms with Gasteiger partial charge in [-0.15, -0.1) is 11.3 Å². The number of hydrogen-bond acceptors (Lipinski definition) is 6. The van der Waals surface area contributed by atoms with Gasteiger partial charge in [0.15, 0.2) is 5.13 Å². The van der Waals surface area contributed by atoms with E-state index in [4.69, 9.17) is 0 Å². The van der Waals surface area contributed by atoms with Gasteiger partial charge in [0.1, 0.15) is 6.54 Å². The molecule has 0 aliphatic carbocycles. The Bertz CT molecular complexity index is 780. The molecule has 1 aliphatic heterocycles. The maximum atomic E-state index is 12.2. The van der Waals surface area contributed by atoms with Crippen LogP contribution >= 0.6 is 11.3 Å². The molecular formula is C16H16N4O3S. The smallest absolute Gasteiger partial charge is 0.262 e. The van der Waals surface area contributed by atoms with Gasteiger partial charge in [-0.1, -0.05) is 12.1 Å². The van der Waals surface area contributed by atoms with E-state index in [-0.39, 0.29) is 6.54 Å². The van der Waals surface area contributed by atoms with Crippen molar-refractivity contribution in [3.63, 3.8) is 0 Å². The van der Waals surface area contributed by atoms with Gasteiger partial charge in [-0.3, -0.25) is 19.3 Å². The summed E-state index contributed by atoms with van der Waals surface area (Å²) in [6, 6.07) is 6.55. The topological polar surface area (TPSA) is 82.6 Å². The highest BCUT2D eigenvalue weighted by Crippen LogP contribution is 2.22. The molecule has 24 heavy (non-hydrogen) atoms. The number of nitrogens with zero attached hydrogens (tertiary/aromatic N) is 3. The van der Waals surface area contributed by atoms with Crippen LogP contribution in [-0.4, -0.2) is 53.1 Å². The Kier molecular flexibility index (Phi) is 4.41. The fraction of sp³-hybridized carbons (Fsp3) is 0.250. The Labute approximate surface area is 142 Å². The molecule has 1 aromatic heterocycles. The van der Waals surface area contributed by atoms with Crippen LogP contribution in [0, 0.1) is 0 Å². The van der Waals surface area contributed by atoms with Crippen LogP contribution in [0.5, 0.6) is 0 Å². The third-order valence-corrected chi connectivity index (χ3v) is 4.26. The Balaban J connectivity index is 1.65. The van der Waals surface area contributed by atoms with Gasteiger partial charge in [0.05, 0.1) is 16.8 Å². The van der Waals surface area contributed by atoms with Gasteiger partial charge in [0, 0.05) is 11.9 Å². The summed E-state index contributed by atoms with van der Waals surface area (Å²) < 4.78 is 0. The molecule has 3 amide bonds. The number of amides is 3. The molecule has 1 aliphatic rings. The van der Waals surface area contributed by atoms with Crippen molar-refractivity contribution in [2.75, 3.05) is 26.0 Å². The van der Waals surface area contributed by atoms with Gasteiger partial charge in [-0.05, 0) is 26.2 Å². The first kappa shape index (κ1) is 16.3. The van der Waals surface area contributed by atoms with Crippen LogP contribution in [-0.2, 0) is 11.3 Å². The van der Waals surface area contributed by atoms with E-state index >= 15 is 0 Å². The van der Waals surface area contributed by atoms with Crippen LogP contribution in [0.1, 0.15) is 26.4 Å². The molecule has 1 N–H and O–H groups in total. The van der Waals surface area contributed by atoms with Crippen molar-refractivity contribution in [2.24, 2.45) is 0 Å². The normalized spacial score (nSPS) is 13.5. The number of carbonyl (C=O) groups excluding carboxylic acids is 3. The van der Waals surface area contributed by atoms with Crippen molar-refractivity contribution in [1.29, 1.82) is 0 Å². The van der Waals surface area contributed by atoms with E-state index < -0.39 is 17.7 Å². The molecule has 0 fully saturated rings. The number of aromatic nitrogens is 1. The fourth-order valence-electron chi connectivity index (χ4n) is 2.45. The molecule has 0 saturated carbocycles. The minimum atomic E-state index is -0.449. The van der Waals surface area contributed by atoms with Crippen molar-refractivity contribution in [3.8, 4) is 0 Å². The molecule has 3 rings (SSSR count).